The van der Waals surface area contributed by atoms with Crippen LogP contribution in [0.3, 0.4) is 0 Å². The van der Waals surface area contributed by atoms with Gasteiger partial charge in [0.15, 0.2) is 0 Å². The van der Waals surface area contributed by atoms with E-state index in [1.165, 1.54) is 0 Å². The van der Waals surface area contributed by atoms with Crippen molar-refractivity contribution in [2.75, 3.05) is 20.3 Å². The monoisotopic (exact) mass is 391 g/mol. The number of rotatable bonds is 7. The molecule has 3 rings (SSSR count). The molecule has 2 aromatic rings. The molecule has 1 heterocycles. The fourth-order valence-electron chi connectivity index (χ4n) is 3.38. The average Bonchev–Trinajstić information content (AvgIpc) is 2.97. The van der Waals surface area contributed by atoms with E-state index in [-0.39, 0.29) is 12.5 Å². The van der Waals surface area contributed by atoms with Crippen molar-refractivity contribution in [3.05, 3.63) is 82.6 Å². The van der Waals surface area contributed by atoms with Gasteiger partial charge in [0.25, 0.3) is 5.91 Å². The number of carbonyl (C=O) groups is 2. The second-order valence-electron chi connectivity index (χ2n) is 6.71. The summed E-state index contributed by atoms with van der Waals surface area (Å²) in [6, 6.07) is 17.3. The molecule has 1 amide bonds. The lowest BCUT2D eigenvalue weighted by Crippen LogP contribution is -2.27. The average molecular weight is 391 g/mol. The minimum Gasteiger partial charge on any atom is -0.497 e. The number of benzene rings is 2. The van der Waals surface area contributed by atoms with E-state index in [1.807, 2.05) is 54.6 Å². The maximum Gasteiger partial charge on any atom is 0.340 e. The molecule has 29 heavy (non-hydrogen) atoms. The SMILES string of the molecule is CCOC(=O)C1=C(C)N(CCc2ccccc2)C(=O)/C1=C\c1cccc(OC)c1. The van der Waals surface area contributed by atoms with Crippen LogP contribution in [0.5, 0.6) is 5.75 Å². The van der Waals surface area contributed by atoms with E-state index >= 15 is 0 Å². The number of carbonyl (C=O) groups excluding carboxylic acids is 2. The number of methoxy groups -OCH3 is 1. The summed E-state index contributed by atoms with van der Waals surface area (Å²) in [7, 11) is 1.59. The number of hydrogen-bond donors (Lipinski definition) is 0. The lowest BCUT2D eigenvalue weighted by Gasteiger charge is -2.17. The van der Waals surface area contributed by atoms with Crippen LogP contribution in [0, 0.1) is 0 Å². The van der Waals surface area contributed by atoms with Crippen LogP contribution < -0.4 is 4.74 Å². The molecule has 0 radical (unpaired) electrons. The van der Waals surface area contributed by atoms with Gasteiger partial charge >= 0.3 is 5.97 Å². The Morgan fingerprint density at radius 1 is 1.10 bits per heavy atom. The molecule has 1 aliphatic rings. The Morgan fingerprint density at radius 3 is 2.55 bits per heavy atom. The van der Waals surface area contributed by atoms with Crippen LogP contribution in [0.25, 0.3) is 6.08 Å². The first kappa shape index (κ1) is 20.4. The molecule has 0 saturated heterocycles. The molecule has 0 bridgehead atoms. The van der Waals surface area contributed by atoms with Gasteiger partial charge < -0.3 is 14.4 Å². The van der Waals surface area contributed by atoms with Crippen molar-refractivity contribution in [1.82, 2.24) is 4.90 Å². The van der Waals surface area contributed by atoms with Gasteiger partial charge in [0.1, 0.15) is 5.75 Å². The Hall–Kier alpha value is -3.34. The van der Waals surface area contributed by atoms with E-state index in [2.05, 4.69) is 0 Å². The molecule has 5 nitrogen and oxygen atoms in total. The highest BCUT2D eigenvalue weighted by molar-refractivity contribution is 6.16. The number of hydrogen-bond acceptors (Lipinski definition) is 4. The number of nitrogens with zero attached hydrogens (tertiary/aromatic N) is 1. The van der Waals surface area contributed by atoms with Crippen molar-refractivity contribution in [3.63, 3.8) is 0 Å². The lowest BCUT2D eigenvalue weighted by atomic mass is 10.0. The zero-order chi connectivity index (χ0) is 20.8. The normalized spacial score (nSPS) is 15.2. The Labute approximate surface area is 171 Å². The van der Waals surface area contributed by atoms with E-state index in [0.717, 1.165) is 11.1 Å². The van der Waals surface area contributed by atoms with Crippen molar-refractivity contribution >= 4 is 18.0 Å². The summed E-state index contributed by atoms with van der Waals surface area (Å²) in [5.41, 5.74) is 3.22. The summed E-state index contributed by atoms with van der Waals surface area (Å²) >= 11 is 0. The van der Waals surface area contributed by atoms with E-state index in [1.54, 1.807) is 31.9 Å². The molecule has 150 valence electrons. The van der Waals surface area contributed by atoms with E-state index in [9.17, 15) is 9.59 Å². The van der Waals surface area contributed by atoms with Crippen LogP contribution in [0.1, 0.15) is 25.0 Å². The first-order valence-corrected chi connectivity index (χ1v) is 9.65. The van der Waals surface area contributed by atoms with Gasteiger partial charge in [-0.05, 0) is 49.6 Å². The van der Waals surface area contributed by atoms with Crippen molar-refractivity contribution < 1.29 is 19.1 Å². The van der Waals surface area contributed by atoms with E-state index in [0.29, 0.717) is 35.6 Å². The zero-order valence-corrected chi connectivity index (χ0v) is 17.0. The van der Waals surface area contributed by atoms with Gasteiger partial charge in [-0.15, -0.1) is 0 Å². The lowest BCUT2D eigenvalue weighted by molar-refractivity contribution is -0.138. The quantitative estimate of drug-likeness (QED) is 0.529. The molecule has 0 saturated carbocycles. The van der Waals surface area contributed by atoms with E-state index in [4.69, 9.17) is 9.47 Å². The summed E-state index contributed by atoms with van der Waals surface area (Å²) in [5.74, 6) is 0.0168. The number of esters is 1. The molecule has 0 atom stereocenters. The molecule has 0 unspecified atom stereocenters. The third kappa shape index (κ3) is 4.57. The van der Waals surface area contributed by atoms with Gasteiger partial charge in [-0.25, -0.2) is 4.79 Å². The smallest absolute Gasteiger partial charge is 0.340 e. The minimum absolute atomic E-state index is 0.190. The summed E-state index contributed by atoms with van der Waals surface area (Å²) < 4.78 is 10.5. The molecule has 0 fully saturated rings. The molecular formula is C24H25NO4. The maximum atomic E-state index is 13.2. The van der Waals surface area contributed by atoms with Gasteiger partial charge in [0.2, 0.25) is 0 Å². The maximum absolute atomic E-state index is 13.2. The van der Waals surface area contributed by atoms with E-state index < -0.39 is 5.97 Å². The Morgan fingerprint density at radius 2 is 1.86 bits per heavy atom. The second kappa shape index (κ2) is 9.24. The topological polar surface area (TPSA) is 55.8 Å². The predicted molar refractivity (Wildman–Crippen MR) is 112 cm³/mol. The Bertz CT molecular complexity index is 960. The van der Waals surface area contributed by atoms with Crippen molar-refractivity contribution in [2.45, 2.75) is 20.3 Å². The summed E-state index contributed by atoms with van der Waals surface area (Å²) in [6.07, 6.45) is 2.43. The van der Waals surface area contributed by atoms with Crippen LogP contribution in [-0.4, -0.2) is 37.0 Å². The van der Waals surface area contributed by atoms with Gasteiger partial charge in [-0.2, -0.15) is 0 Å². The summed E-state index contributed by atoms with van der Waals surface area (Å²) in [6.45, 7) is 4.29. The predicted octanol–water partition coefficient (Wildman–Crippen LogP) is 4.00. The van der Waals surface area contributed by atoms with Gasteiger partial charge in [0, 0.05) is 12.2 Å². The summed E-state index contributed by atoms with van der Waals surface area (Å²) in [4.78, 5) is 27.5. The molecule has 0 N–H and O–H groups in total. The van der Waals surface area contributed by atoms with Crippen LogP contribution in [-0.2, 0) is 20.7 Å². The Kier molecular flexibility index (Phi) is 6.50. The van der Waals surface area contributed by atoms with Crippen LogP contribution in [0.4, 0.5) is 0 Å². The second-order valence-corrected chi connectivity index (χ2v) is 6.71. The van der Waals surface area contributed by atoms with Crippen LogP contribution >= 0.6 is 0 Å². The molecule has 1 aliphatic heterocycles. The molecule has 0 aromatic heterocycles. The third-order valence-corrected chi connectivity index (χ3v) is 4.86. The molecule has 0 spiro atoms. The zero-order valence-electron chi connectivity index (χ0n) is 17.0. The highest BCUT2D eigenvalue weighted by Crippen LogP contribution is 2.32. The fraction of sp³-hybridized carbons (Fsp3) is 0.250. The van der Waals surface area contributed by atoms with Crippen LogP contribution in [0.15, 0.2) is 71.4 Å². The molecule has 2 aromatic carbocycles. The molecule has 5 heteroatoms. The van der Waals surface area contributed by atoms with Crippen molar-refractivity contribution in [3.8, 4) is 5.75 Å². The van der Waals surface area contributed by atoms with Crippen molar-refractivity contribution in [1.29, 1.82) is 0 Å². The first-order valence-electron chi connectivity index (χ1n) is 9.65. The third-order valence-electron chi connectivity index (χ3n) is 4.86. The molecular weight excluding hydrogens is 366 g/mol. The fourth-order valence-corrected chi connectivity index (χ4v) is 3.38. The number of amides is 1. The first-order chi connectivity index (χ1) is 14.0. The number of ether oxygens (including phenoxy) is 2. The van der Waals surface area contributed by atoms with Crippen LogP contribution in [0.2, 0.25) is 0 Å². The van der Waals surface area contributed by atoms with Gasteiger partial charge in [-0.1, -0.05) is 42.5 Å². The summed E-state index contributed by atoms with van der Waals surface area (Å²) in [5, 5.41) is 0. The Balaban J connectivity index is 1.94. The highest BCUT2D eigenvalue weighted by atomic mass is 16.5. The standard InChI is InChI=1S/C24H25NO4/c1-4-29-24(27)22-17(2)25(14-13-18-9-6-5-7-10-18)23(26)21(22)16-19-11-8-12-20(15-19)28-3/h5-12,15-16H,4,13-14H2,1-3H3/b21-16-. The highest BCUT2D eigenvalue weighted by Gasteiger charge is 2.36. The minimum atomic E-state index is -0.477. The van der Waals surface area contributed by atoms with Gasteiger partial charge in [0.05, 0.1) is 24.9 Å². The largest absolute Gasteiger partial charge is 0.497 e. The van der Waals surface area contributed by atoms with Gasteiger partial charge in [-0.3, -0.25) is 4.79 Å². The molecule has 0 aliphatic carbocycles. The van der Waals surface area contributed by atoms with Crippen molar-refractivity contribution in [2.24, 2.45) is 0 Å². The number of allylic oxidation sites excluding steroid dienone is 1.